The van der Waals surface area contributed by atoms with Crippen molar-refractivity contribution in [2.24, 2.45) is 5.73 Å². The van der Waals surface area contributed by atoms with Crippen molar-refractivity contribution in [3.63, 3.8) is 0 Å². The number of halogens is 2. The highest BCUT2D eigenvalue weighted by atomic mass is 32.2. The summed E-state index contributed by atoms with van der Waals surface area (Å²) >= 11 is 1.19. The summed E-state index contributed by atoms with van der Waals surface area (Å²) in [5.74, 6) is -1.85. The third kappa shape index (κ3) is 2.76. The lowest BCUT2D eigenvalue weighted by Crippen LogP contribution is -2.14. The lowest BCUT2D eigenvalue weighted by Gasteiger charge is -2.10. The van der Waals surface area contributed by atoms with Gasteiger partial charge in [-0.15, -0.1) is 0 Å². The van der Waals surface area contributed by atoms with Crippen molar-refractivity contribution in [2.75, 3.05) is 0 Å². The Balaban J connectivity index is 2.01. The number of hydrogen-bond acceptors (Lipinski definition) is 3. The Hall–Kier alpha value is -1.95. The monoisotopic (exact) mass is 305 g/mol. The van der Waals surface area contributed by atoms with E-state index in [1.807, 2.05) is 6.07 Å². The molecule has 0 fully saturated rings. The third-order valence-electron chi connectivity index (χ3n) is 3.41. The SMILES string of the molecule is N=C(N)c1cc2c(nc1Sc1ccc(F)c(F)c1)CCC2. The van der Waals surface area contributed by atoms with Crippen molar-refractivity contribution in [1.29, 1.82) is 5.41 Å². The number of nitrogens with zero attached hydrogens (tertiary/aromatic N) is 1. The van der Waals surface area contributed by atoms with Crippen LogP contribution in [0.15, 0.2) is 34.2 Å². The van der Waals surface area contributed by atoms with E-state index in [2.05, 4.69) is 4.98 Å². The first-order valence-corrected chi connectivity index (χ1v) is 7.36. The quantitative estimate of drug-likeness (QED) is 0.675. The van der Waals surface area contributed by atoms with Crippen molar-refractivity contribution in [1.82, 2.24) is 4.98 Å². The van der Waals surface area contributed by atoms with Gasteiger partial charge >= 0.3 is 0 Å². The number of aromatic nitrogens is 1. The summed E-state index contributed by atoms with van der Waals surface area (Å²) in [5.41, 5.74) is 8.28. The largest absolute Gasteiger partial charge is 0.384 e. The van der Waals surface area contributed by atoms with Crippen LogP contribution >= 0.6 is 11.8 Å². The van der Waals surface area contributed by atoms with Gasteiger partial charge in [-0.1, -0.05) is 11.8 Å². The van der Waals surface area contributed by atoms with Gasteiger partial charge in [0, 0.05) is 16.2 Å². The normalized spacial score (nSPS) is 13.2. The minimum atomic E-state index is -0.898. The molecule has 108 valence electrons. The first kappa shape index (κ1) is 14.0. The smallest absolute Gasteiger partial charge is 0.159 e. The second-order valence-corrected chi connectivity index (χ2v) is 5.95. The zero-order chi connectivity index (χ0) is 15.0. The van der Waals surface area contributed by atoms with Crippen molar-refractivity contribution in [3.05, 3.63) is 52.7 Å². The Bertz CT molecular complexity index is 731. The maximum absolute atomic E-state index is 13.3. The number of nitrogen functional groups attached to an aromatic ring is 1. The van der Waals surface area contributed by atoms with Gasteiger partial charge in [-0.25, -0.2) is 13.8 Å². The number of rotatable bonds is 3. The first-order chi connectivity index (χ1) is 10.0. The zero-order valence-corrected chi connectivity index (χ0v) is 11.9. The van der Waals surface area contributed by atoms with Crippen LogP contribution in [-0.2, 0) is 12.8 Å². The lowest BCUT2D eigenvalue weighted by molar-refractivity contribution is 0.506. The molecule has 1 heterocycles. The van der Waals surface area contributed by atoms with Crippen molar-refractivity contribution < 1.29 is 8.78 Å². The Morgan fingerprint density at radius 1 is 1.19 bits per heavy atom. The van der Waals surface area contributed by atoms with Gasteiger partial charge in [-0.2, -0.15) is 0 Å². The van der Waals surface area contributed by atoms with Gasteiger partial charge in [0.2, 0.25) is 0 Å². The van der Waals surface area contributed by atoms with Crippen LogP contribution in [-0.4, -0.2) is 10.8 Å². The van der Waals surface area contributed by atoms with E-state index in [1.165, 1.54) is 17.8 Å². The molecule has 2 aromatic rings. The number of nitrogens with one attached hydrogen (secondary N) is 1. The number of nitrogens with two attached hydrogens (primary N) is 1. The minimum Gasteiger partial charge on any atom is -0.384 e. The van der Waals surface area contributed by atoms with E-state index >= 15 is 0 Å². The van der Waals surface area contributed by atoms with Crippen molar-refractivity contribution in [3.8, 4) is 0 Å². The molecule has 1 aliphatic rings. The molecule has 21 heavy (non-hydrogen) atoms. The molecule has 0 amide bonds. The van der Waals surface area contributed by atoms with Crippen LogP contribution in [0.25, 0.3) is 0 Å². The van der Waals surface area contributed by atoms with E-state index in [0.717, 1.165) is 42.7 Å². The minimum absolute atomic E-state index is 0.0673. The number of pyridine rings is 1. The van der Waals surface area contributed by atoms with Crippen LogP contribution in [0.3, 0.4) is 0 Å². The van der Waals surface area contributed by atoms with Crippen LogP contribution in [0.1, 0.15) is 23.2 Å². The lowest BCUT2D eigenvalue weighted by atomic mass is 10.1. The molecule has 1 aromatic heterocycles. The number of amidine groups is 1. The molecule has 0 aliphatic heterocycles. The van der Waals surface area contributed by atoms with Gasteiger partial charge in [-0.05, 0) is 49.1 Å². The molecule has 0 radical (unpaired) electrons. The van der Waals surface area contributed by atoms with E-state index in [-0.39, 0.29) is 5.84 Å². The Morgan fingerprint density at radius 3 is 2.71 bits per heavy atom. The maximum atomic E-state index is 13.3. The number of benzene rings is 1. The first-order valence-electron chi connectivity index (χ1n) is 6.54. The summed E-state index contributed by atoms with van der Waals surface area (Å²) in [6.45, 7) is 0. The van der Waals surface area contributed by atoms with E-state index in [1.54, 1.807) is 0 Å². The average Bonchev–Trinajstić information content (AvgIpc) is 2.89. The predicted molar refractivity (Wildman–Crippen MR) is 77.8 cm³/mol. The molecular formula is C15H13F2N3S. The number of aryl methyl sites for hydroxylation is 2. The number of hydrogen-bond donors (Lipinski definition) is 2. The number of fused-ring (bicyclic) bond motifs is 1. The van der Waals surface area contributed by atoms with Crippen LogP contribution in [0.4, 0.5) is 8.78 Å². The molecule has 1 aromatic carbocycles. The molecule has 3 nitrogen and oxygen atoms in total. The Labute approximate surface area is 125 Å². The van der Waals surface area contributed by atoms with Crippen molar-refractivity contribution in [2.45, 2.75) is 29.2 Å². The van der Waals surface area contributed by atoms with Gasteiger partial charge in [0.05, 0.1) is 0 Å². The predicted octanol–water partition coefficient (Wildman–Crippen LogP) is 3.28. The topological polar surface area (TPSA) is 62.8 Å². The van der Waals surface area contributed by atoms with E-state index in [9.17, 15) is 8.78 Å². The fraction of sp³-hybridized carbons (Fsp3) is 0.200. The molecule has 6 heteroatoms. The molecule has 3 rings (SSSR count). The maximum Gasteiger partial charge on any atom is 0.159 e. The fourth-order valence-corrected chi connectivity index (χ4v) is 3.33. The van der Waals surface area contributed by atoms with Crippen LogP contribution in [0, 0.1) is 17.0 Å². The van der Waals surface area contributed by atoms with Gasteiger partial charge in [0.1, 0.15) is 10.9 Å². The molecule has 0 atom stereocenters. The standard InChI is InChI=1S/C15H13F2N3S/c16-11-5-4-9(7-12(11)17)21-15-10(14(18)19)6-8-2-1-3-13(8)20-15/h4-7H,1-3H2,(H3,18,19). The van der Waals surface area contributed by atoms with Crippen LogP contribution in [0.5, 0.6) is 0 Å². The highest BCUT2D eigenvalue weighted by Gasteiger charge is 2.18. The van der Waals surface area contributed by atoms with Gasteiger partial charge < -0.3 is 5.73 Å². The molecule has 1 aliphatic carbocycles. The van der Waals surface area contributed by atoms with Crippen LogP contribution in [0.2, 0.25) is 0 Å². The molecule has 0 unspecified atom stereocenters. The molecule has 0 bridgehead atoms. The second-order valence-electron chi connectivity index (χ2n) is 4.89. The van der Waals surface area contributed by atoms with Gasteiger partial charge in [0.25, 0.3) is 0 Å². The summed E-state index contributed by atoms with van der Waals surface area (Å²) in [7, 11) is 0. The summed E-state index contributed by atoms with van der Waals surface area (Å²) < 4.78 is 26.3. The third-order valence-corrected chi connectivity index (χ3v) is 4.41. The highest BCUT2D eigenvalue weighted by Crippen LogP contribution is 2.33. The van der Waals surface area contributed by atoms with E-state index in [0.29, 0.717) is 15.5 Å². The fourth-order valence-electron chi connectivity index (χ4n) is 2.38. The molecule has 0 saturated carbocycles. The van der Waals surface area contributed by atoms with Crippen LogP contribution < -0.4 is 5.73 Å². The highest BCUT2D eigenvalue weighted by molar-refractivity contribution is 7.99. The van der Waals surface area contributed by atoms with E-state index < -0.39 is 11.6 Å². The summed E-state index contributed by atoms with van der Waals surface area (Å²) in [6.07, 6.45) is 2.89. The molecule has 0 saturated heterocycles. The average molecular weight is 305 g/mol. The van der Waals surface area contributed by atoms with Gasteiger partial charge in [0.15, 0.2) is 11.6 Å². The second kappa shape index (κ2) is 5.44. The summed E-state index contributed by atoms with van der Waals surface area (Å²) in [5, 5.41) is 8.24. The molecule has 3 N–H and O–H groups in total. The molecular weight excluding hydrogens is 292 g/mol. The van der Waals surface area contributed by atoms with E-state index in [4.69, 9.17) is 11.1 Å². The zero-order valence-electron chi connectivity index (χ0n) is 11.1. The Morgan fingerprint density at radius 2 is 2.00 bits per heavy atom. The Kier molecular flexibility index (Phi) is 3.63. The van der Waals surface area contributed by atoms with Crippen molar-refractivity contribution >= 4 is 17.6 Å². The summed E-state index contributed by atoms with van der Waals surface area (Å²) in [4.78, 5) is 5.08. The van der Waals surface area contributed by atoms with Gasteiger partial charge in [-0.3, -0.25) is 5.41 Å². The summed E-state index contributed by atoms with van der Waals surface area (Å²) in [6, 6.07) is 5.58. The molecule has 0 spiro atoms.